The standard InChI is InChI=1S/C33H48O12/c1-7-26(34)40-20-32(11-5,21-41-27(35)8-2)24-44-30(38)18-16-14-13-15-17-19-31(39)45-25-33(12-6,22-42-28(36)9-3)23-43-29(37)10-4/h7-10H,1-4,11-25H2,5-6H3. The Balaban J connectivity index is 4.57. The Kier molecular flexibility index (Phi) is 21.0. The quantitative estimate of drug-likeness (QED) is 0.0567. The maximum absolute atomic E-state index is 12.4. The van der Waals surface area contributed by atoms with E-state index in [0.717, 1.165) is 43.6 Å². The molecule has 252 valence electrons. The fourth-order valence-electron chi connectivity index (χ4n) is 3.68. The van der Waals surface area contributed by atoms with Gasteiger partial charge in [0.1, 0.15) is 39.6 Å². The number of ether oxygens (including phenoxy) is 6. The second-order valence-electron chi connectivity index (χ2n) is 10.5. The first kappa shape index (κ1) is 40.8. The van der Waals surface area contributed by atoms with Crippen molar-refractivity contribution in [3.8, 4) is 0 Å². The Morgan fingerprint density at radius 1 is 0.444 bits per heavy atom. The van der Waals surface area contributed by atoms with Gasteiger partial charge in [-0.15, -0.1) is 0 Å². The normalized spacial score (nSPS) is 10.9. The van der Waals surface area contributed by atoms with Crippen molar-refractivity contribution in [1.29, 1.82) is 0 Å². The van der Waals surface area contributed by atoms with E-state index in [1.807, 2.05) is 0 Å². The van der Waals surface area contributed by atoms with Gasteiger partial charge in [0, 0.05) is 37.1 Å². The van der Waals surface area contributed by atoms with Gasteiger partial charge >= 0.3 is 35.8 Å². The Labute approximate surface area is 265 Å². The van der Waals surface area contributed by atoms with E-state index in [2.05, 4.69) is 26.3 Å². The molecule has 0 aliphatic carbocycles. The summed E-state index contributed by atoms with van der Waals surface area (Å²) in [6.07, 6.45) is 8.62. The average Bonchev–Trinajstić information content (AvgIpc) is 3.06. The molecule has 0 radical (unpaired) electrons. The van der Waals surface area contributed by atoms with Crippen LogP contribution in [0.5, 0.6) is 0 Å². The summed E-state index contributed by atoms with van der Waals surface area (Å²) in [7, 11) is 0. The van der Waals surface area contributed by atoms with Crippen LogP contribution >= 0.6 is 0 Å². The van der Waals surface area contributed by atoms with Crippen molar-refractivity contribution in [3.05, 3.63) is 50.6 Å². The first-order valence-corrected chi connectivity index (χ1v) is 14.9. The van der Waals surface area contributed by atoms with Crippen LogP contribution in [-0.4, -0.2) is 75.5 Å². The maximum atomic E-state index is 12.4. The highest BCUT2D eigenvalue weighted by molar-refractivity contribution is 5.82. The van der Waals surface area contributed by atoms with Crippen molar-refractivity contribution in [2.45, 2.75) is 71.6 Å². The number of carbonyl (C=O) groups excluding carboxylic acids is 6. The first-order valence-electron chi connectivity index (χ1n) is 14.9. The summed E-state index contributed by atoms with van der Waals surface area (Å²) in [5.41, 5.74) is -1.82. The summed E-state index contributed by atoms with van der Waals surface area (Å²) < 4.78 is 31.4. The predicted octanol–water partition coefficient (Wildman–Crippen LogP) is 4.51. The molecule has 12 nitrogen and oxygen atoms in total. The number of esters is 6. The third-order valence-corrected chi connectivity index (χ3v) is 7.09. The Morgan fingerprint density at radius 3 is 0.933 bits per heavy atom. The van der Waals surface area contributed by atoms with E-state index in [0.29, 0.717) is 25.7 Å². The lowest BCUT2D eigenvalue weighted by molar-refractivity contribution is -0.161. The molecule has 12 heteroatoms. The van der Waals surface area contributed by atoms with Crippen LogP contribution in [0.3, 0.4) is 0 Å². The topological polar surface area (TPSA) is 158 Å². The summed E-state index contributed by atoms with van der Waals surface area (Å²) in [4.78, 5) is 70.9. The second-order valence-corrected chi connectivity index (χ2v) is 10.5. The molecule has 0 spiro atoms. The van der Waals surface area contributed by atoms with E-state index in [4.69, 9.17) is 28.4 Å². The Morgan fingerprint density at radius 2 is 0.689 bits per heavy atom. The van der Waals surface area contributed by atoms with Gasteiger partial charge in [-0.25, -0.2) is 19.2 Å². The lowest BCUT2D eigenvalue weighted by Gasteiger charge is -2.30. The van der Waals surface area contributed by atoms with Crippen LogP contribution in [0.25, 0.3) is 0 Å². The summed E-state index contributed by atoms with van der Waals surface area (Å²) in [6, 6.07) is 0. The predicted molar refractivity (Wildman–Crippen MR) is 164 cm³/mol. The molecule has 0 rings (SSSR count). The molecule has 0 aliphatic rings. The number of hydrogen-bond acceptors (Lipinski definition) is 12. The third-order valence-electron chi connectivity index (χ3n) is 7.09. The zero-order valence-corrected chi connectivity index (χ0v) is 26.6. The fraction of sp³-hybridized carbons (Fsp3) is 0.576. The Bertz CT molecular complexity index is 901. The minimum absolute atomic E-state index is 0.105. The molecule has 0 fully saturated rings. The highest BCUT2D eigenvalue weighted by Crippen LogP contribution is 2.26. The molecule has 0 unspecified atom stereocenters. The summed E-state index contributed by atoms with van der Waals surface area (Å²) in [6.45, 7) is 16.3. The highest BCUT2D eigenvalue weighted by Gasteiger charge is 2.35. The van der Waals surface area contributed by atoms with Crippen molar-refractivity contribution < 1.29 is 57.2 Å². The smallest absolute Gasteiger partial charge is 0.330 e. The Hall–Kier alpha value is -4.22. The lowest BCUT2D eigenvalue weighted by atomic mass is 9.88. The van der Waals surface area contributed by atoms with Gasteiger partial charge in [0.2, 0.25) is 0 Å². The molecule has 0 aromatic carbocycles. The van der Waals surface area contributed by atoms with Crippen molar-refractivity contribution >= 4 is 35.8 Å². The largest absolute Gasteiger partial charge is 0.465 e. The van der Waals surface area contributed by atoms with E-state index in [1.54, 1.807) is 13.8 Å². The van der Waals surface area contributed by atoms with E-state index in [-0.39, 0.29) is 52.5 Å². The van der Waals surface area contributed by atoms with E-state index in [1.165, 1.54) is 0 Å². The molecule has 0 aliphatic heterocycles. The third kappa shape index (κ3) is 18.2. The van der Waals surface area contributed by atoms with Gasteiger partial charge in [0.05, 0.1) is 10.8 Å². The van der Waals surface area contributed by atoms with Crippen molar-refractivity contribution in [1.82, 2.24) is 0 Å². The van der Waals surface area contributed by atoms with Gasteiger partial charge in [0.15, 0.2) is 0 Å². The molecular formula is C33H48O12. The zero-order valence-electron chi connectivity index (χ0n) is 26.6. The monoisotopic (exact) mass is 636 g/mol. The molecular weight excluding hydrogens is 588 g/mol. The van der Waals surface area contributed by atoms with Gasteiger partial charge in [-0.2, -0.15) is 0 Å². The molecule has 0 aromatic heterocycles. The van der Waals surface area contributed by atoms with Crippen LogP contribution in [0, 0.1) is 10.8 Å². The van der Waals surface area contributed by atoms with Crippen molar-refractivity contribution in [2.24, 2.45) is 10.8 Å². The van der Waals surface area contributed by atoms with Crippen LogP contribution in [0.4, 0.5) is 0 Å². The molecule has 0 N–H and O–H groups in total. The SMILES string of the molecule is C=CC(=O)OCC(CC)(COC(=O)C=C)COC(=O)CCCCCCCC(=O)OCC(CC)(COC(=O)C=C)COC(=O)C=C. The second kappa shape index (κ2) is 23.2. The average molecular weight is 637 g/mol. The van der Waals surface area contributed by atoms with Crippen LogP contribution in [0.1, 0.15) is 71.6 Å². The molecule has 0 atom stereocenters. The summed E-state index contributed by atoms with van der Waals surface area (Å²) in [5.74, 6) is -3.44. The maximum Gasteiger partial charge on any atom is 0.330 e. The lowest BCUT2D eigenvalue weighted by Crippen LogP contribution is -2.38. The van der Waals surface area contributed by atoms with Gasteiger partial charge in [-0.05, 0) is 25.7 Å². The number of rotatable bonds is 26. The molecule has 0 heterocycles. The van der Waals surface area contributed by atoms with E-state index < -0.39 is 46.6 Å². The number of carbonyl (C=O) groups is 6. The van der Waals surface area contributed by atoms with E-state index in [9.17, 15) is 28.8 Å². The van der Waals surface area contributed by atoms with Gasteiger partial charge in [-0.1, -0.05) is 59.4 Å². The molecule has 0 aromatic rings. The molecule has 45 heavy (non-hydrogen) atoms. The van der Waals surface area contributed by atoms with Gasteiger partial charge < -0.3 is 28.4 Å². The highest BCUT2D eigenvalue weighted by atomic mass is 16.6. The van der Waals surface area contributed by atoms with Crippen molar-refractivity contribution in [2.75, 3.05) is 39.6 Å². The molecule has 0 bridgehead atoms. The van der Waals surface area contributed by atoms with Crippen LogP contribution in [0.15, 0.2) is 50.6 Å². The molecule has 0 amide bonds. The fourth-order valence-corrected chi connectivity index (χ4v) is 3.68. The van der Waals surface area contributed by atoms with Crippen molar-refractivity contribution in [3.63, 3.8) is 0 Å². The van der Waals surface area contributed by atoms with Gasteiger partial charge in [0.25, 0.3) is 0 Å². The number of unbranched alkanes of at least 4 members (excludes halogenated alkanes) is 4. The van der Waals surface area contributed by atoms with Gasteiger partial charge in [-0.3, -0.25) is 9.59 Å². The minimum Gasteiger partial charge on any atom is -0.465 e. The van der Waals surface area contributed by atoms with Crippen LogP contribution < -0.4 is 0 Å². The zero-order chi connectivity index (χ0) is 34.1. The van der Waals surface area contributed by atoms with Crippen LogP contribution in [0.2, 0.25) is 0 Å². The number of hydrogen-bond donors (Lipinski definition) is 0. The molecule has 0 saturated heterocycles. The summed E-state index contributed by atoms with van der Waals surface area (Å²) >= 11 is 0. The van der Waals surface area contributed by atoms with Crippen LogP contribution in [-0.2, 0) is 57.2 Å². The summed E-state index contributed by atoms with van der Waals surface area (Å²) in [5, 5.41) is 0. The minimum atomic E-state index is -0.912. The van der Waals surface area contributed by atoms with E-state index >= 15 is 0 Å². The first-order chi connectivity index (χ1) is 21.4. The molecule has 0 saturated carbocycles.